The molecule has 1 aromatic rings. The highest BCUT2D eigenvalue weighted by atomic mass is 16.5. The van der Waals surface area contributed by atoms with Crippen LogP contribution in [0.25, 0.3) is 0 Å². The predicted molar refractivity (Wildman–Crippen MR) is 54.1 cm³/mol. The molecule has 2 saturated heterocycles. The molecule has 2 N–H and O–H groups in total. The van der Waals surface area contributed by atoms with Gasteiger partial charge in [-0.1, -0.05) is 0 Å². The number of rotatable bonds is 1. The number of aromatic nitrogens is 1. The first-order valence-electron chi connectivity index (χ1n) is 4.92. The van der Waals surface area contributed by atoms with Crippen molar-refractivity contribution in [2.75, 3.05) is 23.8 Å². The molecule has 74 valence electrons. The van der Waals surface area contributed by atoms with E-state index in [2.05, 4.69) is 9.88 Å². The van der Waals surface area contributed by atoms with E-state index >= 15 is 0 Å². The van der Waals surface area contributed by atoms with E-state index in [1.807, 2.05) is 12.1 Å². The molecule has 3 rings (SSSR count). The van der Waals surface area contributed by atoms with Crippen molar-refractivity contribution in [3.8, 4) is 0 Å². The molecule has 1 aromatic heterocycles. The number of anilines is 2. The van der Waals surface area contributed by atoms with Gasteiger partial charge in [0.25, 0.3) is 0 Å². The lowest BCUT2D eigenvalue weighted by Crippen LogP contribution is -2.64. The van der Waals surface area contributed by atoms with Gasteiger partial charge in [-0.05, 0) is 18.6 Å². The Kier molecular flexibility index (Phi) is 1.64. The summed E-state index contributed by atoms with van der Waals surface area (Å²) in [6, 6.07) is 4.95. The minimum atomic E-state index is 0.532. The van der Waals surface area contributed by atoms with Crippen molar-refractivity contribution in [1.29, 1.82) is 0 Å². The number of nitrogens with zero attached hydrogens (tertiary/aromatic N) is 2. The molecule has 2 unspecified atom stereocenters. The summed E-state index contributed by atoms with van der Waals surface area (Å²) in [5.41, 5.74) is 6.31. The van der Waals surface area contributed by atoms with Gasteiger partial charge in [-0.3, -0.25) is 0 Å². The second kappa shape index (κ2) is 2.85. The van der Waals surface area contributed by atoms with Crippen LogP contribution in [-0.2, 0) is 4.74 Å². The molecule has 0 spiro atoms. The Morgan fingerprint density at radius 2 is 2.14 bits per heavy atom. The predicted octanol–water partition coefficient (Wildman–Crippen LogP) is 0.641. The monoisotopic (exact) mass is 191 g/mol. The van der Waals surface area contributed by atoms with Crippen LogP contribution in [0.3, 0.4) is 0 Å². The maximum atomic E-state index is 5.60. The van der Waals surface area contributed by atoms with Gasteiger partial charge in [-0.15, -0.1) is 0 Å². The summed E-state index contributed by atoms with van der Waals surface area (Å²) >= 11 is 0. The second-order valence-electron chi connectivity index (χ2n) is 3.94. The van der Waals surface area contributed by atoms with Crippen molar-refractivity contribution in [3.05, 3.63) is 18.3 Å². The van der Waals surface area contributed by atoms with E-state index < -0.39 is 0 Å². The van der Waals surface area contributed by atoms with Gasteiger partial charge >= 0.3 is 0 Å². The number of ether oxygens (including phenoxy) is 1. The number of nitrogens with two attached hydrogens (primary N) is 1. The van der Waals surface area contributed by atoms with Gasteiger partial charge in [-0.2, -0.15) is 0 Å². The Bertz CT molecular complexity index is 324. The van der Waals surface area contributed by atoms with E-state index in [-0.39, 0.29) is 0 Å². The van der Waals surface area contributed by atoms with Crippen molar-refractivity contribution in [1.82, 2.24) is 4.98 Å². The first-order chi connectivity index (χ1) is 6.84. The maximum Gasteiger partial charge on any atom is 0.129 e. The number of fused-ring (bicyclic) bond motifs is 2. The van der Waals surface area contributed by atoms with Crippen LogP contribution in [0.1, 0.15) is 6.42 Å². The third-order valence-electron chi connectivity index (χ3n) is 2.99. The normalized spacial score (nSPS) is 29.9. The summed E-state index contributed by atoms with van der Waals surface area (Å²) in [5, 5.41) is 0. The number of nitrogen functional groups attached to an aromatic ring is 1. The molecule has 0 radical (unpaired) electrons. The van der Waals surface area contributed by atoms with E-state index in [1.54, 1.807) is 6.20 Å². The fourth-order valence-corrected chi connectivity index (χ4v) is 2.26. The number of hydrogen-bond donors (Lipinski definition) is 1. The van der Waals surface area contributed by atoms with Gasteiger partial charge in [0, 0.05) is 0 Å². The average Bonchev–Trinajstić information content (AvgIpc) is 2.22. The first-order valence-corrected chi connectivity index (χ1v) is 4.92. The molecule has 2 atom stereocenters. The molecule has 0 aromatic carbocycles. The molecule has 14 heavy (non-hydrogen) atoms. The Morgan fingerprint density at radius 1 is 1.36 bits per heavy atom. The SMILES string of the molecule is Nc1ccc(N2C3COCC2C3)nc1. The highest BCUT2D eigenvalue weighted by Crippen LogP contribution is 2.34. The molecular weight excluding hydrogens is 178 g/mol. The highest BCUT2D eigenvalue weighted by Gasteiger charge is 2.42. The maximum absolute atomic E-state index is 5.60. The van der Waals surface area contributed by atoms with E-state index in [0.29, 0.717) is 12.1 Å². The van der Waals surface area contributed by atoms with Gasteiger partial charge in [-0.25, -0.2) is 4.98 Å². The molecule has 2 fully saturated rings. The van der Waals surface area contributed by atoms with Crippen molar-refractivity contribution >= 4 is 11.5 Å². The first kappa shape index (κ1) is 8.05. The summed E-state index contributed by atoms with van der Waals surface area (Å²) in [7, 11) is 0. The smallest absolute Gasteiger partial charge is 0.129 e. The van der Waals surface area contributed by atoms with Crippen LogP contribution >= 0.6 is 0 Å². The Balaban J connectivity index is 1.86. The lowest BCUT2D eigenvalue weighted by Gasteiger charge is -2.53. The largest absolute Gasteiger partial charge is 0.397 e. The zero-order chi connectivity index (χ0) is 9.54. The van der Waals surface area contributed by atoms with Crippen molar-refractivity contribution < 1.29 is 4.74 Å². The third kappa shape index (κ3) is 1.07. The fraction of sp³-hybridized carbons (Fsp3) is 0.500. The summed E-state index contributed by atoms with van der Waals surface area (Å²) in [6.07, 6.45) is 2.95. The van der Waals surface area contributed by atoms with E-state index in [9.17, 15) is 0 Å². The highest BCUT2D eigenvalue weighted by molar-refractivity contribution is 5.50. The summed E-state index contributed by atoms with van der Waals surface area (Å²) < 4.78 is 5.41. The lowest BCUT2D eigenvalue weighted by atomic mass is 9.91. The second-order valence-corrected chi connectivity index (χ2v) is 3.94. The van der Waals surface area contributed by atoms with Gasteiger partial charge in [0.2, 0.25) is 0 Å². The van der Waals surface area contributed by atoms with Gasteiger partial charge in [0.1, 0.15) is 5.82 Å². The Morgan fingerprint density at radius 3 is 2.71 bits per heavy atom. The van der Waals surface area contributed by atoms with Gasteiger partial charge in [0.05, 0.1) is 37.2 Å². The molecular formula is C10H13N3O. The zero-order valence-corrected chi connectivity index (χ0v) is 7.89. The molecule has 3 heterocycles. The standard InChI is InChI=1S/C10H13N3O/c11-7-1-2-10(12-4-7)13-8-3-9(13)6-14-5-8/h1-2,4,8-9H,3,5-6,11H2. The minimum absolute atomic E-state index is 0.532. The zero-order valence-electron chi connectivity index (χ0n) is 7.89. The summed E-state index contributed by atoms with van der Waals surface area (Å²) in [6.45, 7) is 1.67. The van der Waals surface area contributed by atoms with Gasteiger partial charge in [0.15, 0.2) is 0 Å². The van der Waals surface area contributed by atoms with Crippen LogP contribution in [0, 0.1) is 0 Å². The Hall–Kier alpha value is -1.29. The number of pyridine rings is 1. The molecule has 0 saturated carbocycles. The van der Waals surface area contributed by atoms with Crippen LogP contribution < -0.4 is 10.6 Å². The van der Waals surface area contributed by atoms with Crippen LogP contribution in [0.5, 0.6) is 0 Å². The quantitative estimate of drug-likeness (QED) is 0.707. The van der Waals surface area contributed by atoms with E-state index in [0.717, 1.165) is 24.7 Å². The minimum Gasteiger partial charge on any atom is -0.397 e. The average molecular weight is 191 g/mol. The molecule has 2 bridgehead atoms. The van der Waals surface area contributed by atoms with Crippen LogP contribution in [0.4, 0.5) is 11.5 Å². The number of morpholine rings is 1. The summed E-state index contributed by atoms with van der Waals surface area (Å²) in [4.78, 5) is 6.66. The third-order valence-corrected chi connectivity index (χ3v) is 2.99. The molecule has 4 nitrogen and oxygen atoms in total. The van der Waals surface area contributed by atoms with Crippen LogP contribution in [-0.4, -0.2) is 30.3 Å². The molecule has 2 aliphatic rings. The van der Waals surface area contributed by atoms with Crippen LogP contribution in [0.15, 0.2) is 18.3 Å². The molecule has 4 heteroatoms. The van der Waals surface area contributed by atoms with Crippen molar-refractivity contribution in [2.45, 2.75) is 18.5 Å². The van der Waals surface area contributed by atoms with Crippen molar-refractivity contribution in [3.63, 3.8) is 0 Å². The Labute approximate surface area is 82.7 Å². The topological polar surface area (TPSA) is 51.4 Å². The van der Waals surface area contributed by atoms with Crippen molar-refractivity contribution in [2.24, 2.45) is 0 Å². The number of hydrogen-bond acceptors (Lipinski definition) is 4. The molecule has 0 amide bonds. The molecule has 0 aliphatic carbocycles. The van der Waals surface area contributed by atoms with E-state index in [1.165, 1.54) is 6.42 Å². The van der Waals surface area contributed by atoms with Gasteiger partial charge < -0.3 is 15.4 Å². The van der Waals surface area contributed by atoms with E-state index in [4.69, 9.17) is 10.5 Å². The summed E-state index contributed by atoms with van der Waals surface area (Å²) in [5.74, 6) is 1.03. The van der Waals surface area contributed by atoms with Crippen LogP contribution in [0.2, 0.25) is 0 Å². The fourth-order valence-electron chi connectivity index (χ4n) is 2.26. The lowest BCUT2D eigenvalue weighted by molar-refractivity contribution is 0.00971. The molecule has 2 aliphatic heterocycles.